The minimum atomic E-state index is -4.64. The normalized spacial score (nSPS) is 19.0. The van der Waals surface area contributed by atoms with Gasteiger partial charge in [-0.05, 0) is 0 Å². The van der Waals surface area contributed by atoms with Crippen LogP contribution in [0, 0.1) is 0 Å². The van der Waals surface area contributed by atoms with Crippen LogP contribution >= 0.6 is 11.6 Å². The number of hydrogen-bond donors (Lipinski definition) is 1. The van der Waals surface area contributed by atoms with E-state index in [9.17, 15) is 22.8 Å². The molecule has 0 bridgehead atoms. The number of imidazole rings is 1. The molecule has 0 spiro atoms. The average molecular weight is 733 g/mol. The molecule has 4 aromatic rings. The van der Waals surface area contributed by atoms with Gasteiger partial charge in [-0.2, -0.15) is 13.2 Å². The molecule has 16 heteroatoms. The van der Waals surface area contributed by atoms with Crippen LogP contribution in [-0.2, 0) is 18.0 Å². The topological polar surface area (TPSA) is 110 Å². The summed E-state index contributed by atoms with van der Waals surface area (Å²) in [6.45, 7) is 8.06. The predicted molar refractivity (Wildman–Crippen MR) is 170 cm³/mol. The number of benzene rings is 1. The second kappa shape index (κ2) is 12.8. The zero-order valence-electron chi connectivity index (χ0n) is 26.2. The van der Waals surface area contributed by atoms with Crippen molar-refractivity contribution in [2.75, 3.05) is 31.6 Å². The Morgan fingerprint density at radius 2 is 1.98 bits per heavy atom. The number of fused-ring (bicyclic) bond motifs is 2. The Hall–Kier alpha value is -3.61. The second-order valence-electron chi connectivity index (χ2n) is 12.0. The van der Waals surface area contributed by atoms with E-state index in [2.05, 4.69) is 51.0 Å². The Morgan fingerprint density at radius 3 is 2.66 bits per heavy atom. The quantitative estimate of drug-likeness (QED) is 0.286. The summed E-state index contributed by atoms with van der Waals surface area (Å²) in [4.78, 5) is 40.3. The van der Waals surface area contributed by atoms with Crippen molar-refractivity contribution in [3.8, 4) is 17.0 Å². The Balaban J connectivity index is 1.36. The molecule has 2 saturated heterocycles. The van der Waals surface area contributed by atoms with Crippen molar-refractivity contribution in [2.24, 2.45) is 7.05 Å². The summed E-state index contributed by atoms with van der Waals surface area (Å²) in [5.74, 6) is 0.148. The molecule has 2 aliphatic heterocycles. The van der Waals surface area contributed by atoms with Crippen LogP contribution < -0.4 is 14.5 Å². The summed E-state index contributed by atoms with van der Waals surface area (Å²) in [5.41, 5.74) is 0.751. The molecular weight excluding hydrogens is 700 g/mol. The molecule has 248 valence electrons. The van der Waals surface area contributed by atoms with Crippen LogP contribution in [0.1, 0.15) is 61.4 Å². The van der Waals surface area contributed by atoms with Crippen LogP contribution in [0.15, 0.2) is 30.6 Å². The van der Waals surface area contributed by atoms with Crippen LogP contribution in [0.4, 0.5) is 19.0 Å². The number of nitrogens with one attached hydrogen (secondary N) is 1. The number of carbonyl (C=O) groups is 2. The minimum absolute atomic E-state index is 0.00943. The van der Waals surface area contributed by atoms with E-state index in [0.717, 1.165) is 38.3 Å². The molecule has 6 rings (SSSR count). The van der Waals surface area contributed by atoms with E-state index >= 15 is 0 Å². The monoisotopic (exact) mass is 732 g/mol. The zero-order valence-corrected chi connectivity index (χ0v) is 28.8. The SMILES string of the molecule is CCOc1cc(C(=O)Nc2cc(C(F)(F)F)n(C)n2)c(Cl)cc1-c1nc([C@@H]2CC[C@H]3CN(C(C)C)CC(=O)N3C2)n2ccnc([As])c12. The fourth-order valence-corrected chi connectivity index (χ4v) is 7.25. The van der Waals surface area contributed by atoms with Crippen molar-refractivity contribution in [3.05, 3.63) is 52.7 Å². The molecule has 2 radical (unpaired) electrons. The van der Waals surface area contributed by atoms with E-state index in [0.29, 0.717) is 50.8 Å². The number of piperidine rings is 1. The Bertz CT molecular complexity index is 1860. The van der Waals surface area contributed by atoms with Crippen LogP contribution in [-0.4, -0.2) is 101 Å². The summed E-state index contributed by atoms with van der Waals surface area (Å²) in [6.07, 6.45) is 0.594. The second-order valence-corrected chi connectivity index (χ2v) is 13.3. The number of nitrogens with zero attached hydrogens (tertiary/aromatic N) is 7. The molecule has 2 atom stereocenters. The van der Waals surface area contributed by atoms with Gasteiger partial charge in [0.1, 0.15) is 0 Å². The van der Waals surface area contributed by atoms with Crippen LogP contribution in [0.5, 0.6) is 5.75 Å². The Kier molecular flexibility index (Phi) is 9.05. The van der Waals surface area contributed by atoms with Gasteiger partial charge in [-0.25, -0.2) is 0 Å². The molecule has 0 unspecified atom stereocenters. The first-order valence-corrected chi connectivity index (χ1v) is 16.6. The summed E-state index contributed by atoms with van der Waals surface area (Å²) in [7, 11) is 1.14. The predicted octanol–water partition coefficient (Wildman–Crippen LogP) is 4.05. The van der Waals surface area contributed by atoms with Gasteiger partial charge in [-0.1, -0.05) is 0 Å². The van der Waals surface area contributed by atoms with Gasteiger partial charge >= 0.3 is 263 Å². The van der Waals surface area contributed by atoms with Gasteiger partial charge in [0.05, 0.1) is 0 Å². The number of carbonyl (C=O) groups excluding carboxylic acids is 2. The first kappa shape index (κ1) is 33.3. The van der Waals surface area contributed by atoms with Crippen LogP contribution in [0.2, 0.25) is 5.02 Å². The first-order valence-electron chi connectivity index (χ1n) is 15.3. The van der Waals surface area contributed by atoms with E-state index < -0.39 is 17.8 Å². The molecule has 2 amide bonds. The third kappa shape index (κ3) is 6.35. The summed E-state index contributed by atoms with van der Waals surface area (Å²) in [5, 5.41) is 6.22. The van der Waals surface area contributed by atoms with Gasteiger partial charge in [0, 0.05) is 7.05 Å². The van der Waals surface area contributed by atoms with Crippen LogP contribution in [0.3, 0.4) is 0 Å². The maximum atomic E-state index is 13.3. The number of piperazine rings is 1. The number of hydrogen-bond acceptors (Lipinski definition) is 7. The van der Waals surface area contributed by atoms with Crippen LogP contribution in [0.25, 0.3) is 16.8 Å². The van der Waals surface area contributed by atoms with E-state index in [1.165, 1.54) is 6.07 Å². The number of anilines is 1. The first-order chi connectivity index (χ1) is 22.3. The average Bonchev–Trinajstić information content (AvgIpc) is 3.59. The third-order valence-corrected chi connectivity index (χ3v) is 9.75. The van der Waals surface area contributed by atoms with Crippen molar-refractivity contribution in [3.63, 3.8) is 0 Å². The molecule has 0 aliphatic carbocycles. The fraction of sp³-hybridized carbons (Fsp3) is 0.452. The molecule has 0 saturated carbocycles. The van der Waals surface area contributed by atoms with Gasteiger partial charge in [0.15, 0.2) is 0 Å². The number of rotatable bonds is 7. The van der Waals surface area contributed by atoms with E-state index in [1.807, 2.05) is 15.5 Å². The number of aromatic nitrogens is 5. The van der Waals surface area contributed by atoms with Crippen molar-refractivity contribution < 1.29 is 27.5 Å². The maximum absolute atomic E-state index is 13.3. The molecule has 1 aromatic carbocycles. The third-order valence-electron chi connectivity index (χ3n) is 8.75. The molecule has 3 aromatic heterocycles. The number of halogens is 4. The zero-order chi connectivity index (χ0) is 33.8. The van der Waals surface area contributed by atoms with Crippen molar-refractivity contribution >= 4 is 56.1 Å². The Morgan fingerprint density at radius 1 is 1.21 bits per heavy atom. The Labute approximate surface area is 282 Å². The standard InChI is InChI=1S/C31H33AsClF3N8O3/c1-5-47-22-11-19(30(46)38-24-12-23(31(34,35)36)41(4)40-24)21(33)10-20(22)26-27-28(32)37-8-9-43(27)29(39-26)17-6-7-18-14-42(16(2)3)15-25(45)44(18)13-17/h8-12,16-18H,5-7,13-15H2,1-4H3,(H,38,40,46)/t17-,18+/m1/s1. The molecule has 5 heterocycles. The molecule has 2 fully saturated rings. The van der Waals surface area contributed by atoms with E-state index in [-0.39, 0.29) is 40.9 Å². The van der Waals surface area contributed by atoms with Gasteiger partial charge in [0.2, 0.25) is 0 Å². The summed E-state index contributed by atoms with van der Waals surface area (Å²) < 4.78 is 49.1. The number of amides is 2. The number of ether oxygens (including phenoxy) is 1. The summed E-state index contributed by atoms with van der Waals surface area (Å²) in [6, 6.07) is 4.23. The van der Waals surface area contributed by atoms with Gasteiger partial charge in [-0.3, -0.25) is 0 Å². The molecule has 2 aliphatic rings. The molecule has 11 nitrogen and oxygen atoms in total. The van der Waals surface area contributed by atoms with Crippen molar-refractivity contribution in [2.45, 2.75) is 57.8 Å². The van der Waals surface area contributed by atoms with Crippen molar-refractivity contribution in [1.82, 2.24) is 33.9 Å². The summed E-state index contributed by atoms with van der Waals surface area (Å²) >= 11 is 9.11. The van der Waals surface area contributed by atoms with Gasteiger partial charge < -0.3 is 0 Å². The van der Waals surface area contributed by atoms with E-state index in [1.54, 1.807) is 19.2 Å². The van der Waals surface area contributed by atoms with Gasteiger partial charge in [-0.15, -0.1) is 0 Å². The van der Waals surface area contributed by atoms with E-state index in [4.69, 9.17) is 21.3 Å². The fourth-order valence-electron chi connectivity index (χ4n) is 6.41. The number of aryl methyl sites for hydroxylation is 1. The molecular formula is C31H33AsClF3N8O3. The number of alkyl halides is 3. The van der Waals surface area contributed by atoms with Gasteiger partial charge in [0.25, 0.3) is 0 Å². The van der Waals surface area contributed by atoms with Crippen molar-refractivity contribution in [1.29, 1.82) is 0 Å². The molecule has 47 heavy (non-hydrogen) atoms. The molecule has 1 N–H and O–H groups in total.